The lowest BCUT2D eigenvalue weighted by Crippen LogP contribution is -2.28. The van der Waals surface area contributed by atoms with E-state index in [-0.39, 0.29) is 0 Å². The van der Waals surface area contributed by atoms with E-state index in [2.05, 4.69) is 15.2 Å². The van der Waals surface area contributed by atoms with Crippen LogP contribution in [-0.4, -0.2) is 11.6 Å². The Morgan fingerprint density at radius 2 is 2.14 bits per heavy atom. The highest BCUT2D eigenvalue weighted by atomic mass is 15.4. The first-order valence-corrected chi connectivity index (χ1v) is 4.43. The molecule has 0 saturated carbocycles. The Kier molecular flexibility index (Phi) is 1.47. The smallest absolute Gasteiger partial charge is 0.165 e. The number of benzene rings is 1. The summed E-state index contributed by atoms with van der Waals surface area (Å²) < 4.78 is 0. The summed E-state index contributed by atoms with van der Waals surface area (Å²) in [5.41, 5.74) is 0. The number of hydrogen-bond acceptors (Lipinski definition) is 4. The number of para-hydroxylation sites is 1. The van der Waals surface area contributed by atoms with Gasteiger partial charge in [0, 0.05) is 17.6 Å². The summed E-state index contributed by atoms with van der Waals surface area (Å²) in [5.74, 6) is 0.887. The molecular formula is C10H8N4. The molecule has 0 N–H and O–H groups in total. The molecule has 2 aliphatic rings. The normalized spacial score (nSPS) is 17.4. The van der Waals surface area contributed by atoms with Gasteiger partial charge in [0.25, 0.3) is 0 Å². The first-order chi connectivity index (χ1) is 6.95. The minimum Gasteiger partial charge on any atom is -0.307 e. The Labute approximate surface area is 80.6 Å². The van der Waals surface area contributed by atoms with Crippen molar-refractivity contribution >= 4 is 5.82 Å². The number of fused-ring (bicyclic) bond motifs is 2. The van der Waals surface area contributed by atoms with E-state index in [1.54, 1.807) is 6.20 Å². The molecule has 0 spiro atoms. The fourth-order valence-electron chi connectivity index (χ4n) is 1.59. The number of hydrogen-bond donors (Lipinski definition) is 0. The molecule has 4 heteroatoms. The monoisotopic (exact) mass is 184 g/mol. The largest absolute Gasteiger partial charge is 0.307 e. The van der Waals surface area contributed by atoms with Crippen LogP contribution in [0, 0.1) is 0 Å². The second kappa shape index (κ2) is 2.77. The van der Waals surface area contributed by atoms with Gasteiger partial charge in [-0.2, -0.15) is 5.11 Å². The van der Waals surface area contributed by atoms with Crippen LogP contribution in [0.1, 0.15) is 0 Å². The Hall–Kier alpha value is -1.97. The zero-order chi connectivity index (χ0) is 9.38. The van der Waals surface area contributed by atoms with E-state index in [4.69, 9.17) is 0 Å². The molecule has 3 rings (SSSR count). The maximum atomic E-state index is 4.32. The Balaban J connectivity index is 2.46. The average Bonchev–Trinajstić information content (AvgIpc) is 2.61. The van der Waals surface area contributed by atoms with E-state index in [0.29, 0.717) is 6.67 Å². The average molecular weight is 184 g/mol. The highest BCUT2D eigenvalue weighted by molar-refractivity contribution is 5.44. The van der Waals surface area contributed by atoms with E-state index in [1.165, 1.54) is 0 Å². The molecule has 0 saturated heterocycles. The zero-order valence-electron chi connectivity index (χ0n) is 7.46. The lowest BCUT2D eigenvalue weighted by Gasteiger charge is -2.07. The van der Waals surface area contributed by atoms with Crippen LogP contribution in [0.25, 0.3) is 5.82 Å². The summed E-state index contributed by atoms with van der Waals surface area (Å²) in [7, 11) is 0. The van der Waals surface area contributed by atoms with Gasteiger partial charge in [0.15, 0.2) is 5.82 Å². The summed E-state index contributed by atoms with van der Waals surface area (Å²) in [6.07, 6.45) is 3.68. The standard InChI is InChI=1S/C10H8N4/c1-2-4-9-8(3-1)10-13-12-7-14(10)6-5-11-9/h1-6H,7H2. The van der Waals surface area contributed by atoms with E-state index in [0.717, 1.165) is 16.4 Å². The highest BCUT2D eigenvalue weighted by Crippen LogP contribution is 2.14. The van der Waals surface area contributed by atoms with Gasteiger partial charge in [0.1, 0.15) is 6.67 Å². The molecule has 2 aliphatic heterocycles. The van der Waals surface area contributed by atoms with Crippen molar-refractivity contribution in [1.29, 1.82) is 0 Å². The summed E-state index contributed by atoms with van der Waals surface area (Å²) >= 11 is 0. The van der Waals surface area contributed by atoms with Gasteiger partial charge in [0.05, 0.1) is 5.36 Å². The maximum absolute atomic E-state index is 4.32. The van der Waals surface area contributed by atoms with Crippen LogP contribution < -0.4 is 10.6 Å². The molecule has 2 heterocycles. The molecular weight excluding hydrogens is 176 g/mol. The van der Waals surface area contributed by atoms with Crippen LogP contribution in [0.15, 0.2) is 51.9 Å². The second-order valence-electron chi connectivity index (χ2n) is 3.12. The first kappa shape index (κ1) is 7.44. The maximum Gasteiger partial charge on any atom is 0.165 e. The fraction of sp³-hybridized carbons (Fsp3) is 0.100. The van der Waals surface area contributed by atoms with Crippen molar-refractivity contribution in [3.05, 3.63) is 47.2 Å². The molecule has 0 radical (unpaired) electrons. The van der Waals surface area contributed by atoms with Gasteiger partial charge in [-0.25, -0.2) is 0 Å². The molecule has 1 aromatic carbocycles. The molecule has 4 nitrogen and oxygen atoms in total. The van der Waals surface area contributed by atoms with Crippen molar-refractivity contribution in [1.82, 2.24) is 4.90 Å². The van der Waals surface area contributed by atoms with Gasteiger partial charge in [-0.1, -0.05) is 12.1 Å². The minimum atomic E-state index is 0.593. The lowest BCUT2D eigenvalue weighted by atomic mass is 10.3. The van der Waals surface area contributed by atoms with Crippen molar-refractivity contribution in [3.63, 3.8) is 0 Å². The van der Waals surface area contributed by atoms with Crippen LogP contribution in [-0.2, 0) is 0 Å². The van der Waals surface area contributed by atoms with E-state index in [9.17, 15) is 0 Å². The fourth-order valence-corrected chi connectivity index (χ4v) is 1.59. The predicted molar refractivity (Wildman–Crippen MR) is 51.3 cm³/mol. The SMILES string of the molecule is C1=CN2CN=NC2=c2ccccc2=N1. The van der Waals surface area contributed by atoms with E-state index in [1.807, 2.05) is 35.4 Å². The van der Waals surface area contributed by atoms with Crippen molar-refractivity contribution in [2.45, 2.75) is 0 Å². The minimum absolute atomic E-state index is 0.593. The number of azo groups is 1. The van der Waals surface area contributed by atoms with Gasteiger partial charge >= 0.3 is 0 Å². The summed E-state index contributed by atoms with van der Waals surface area (Å²) in [4.78, 5) is 6.31. The van der Waals surface area contributed by atoms with Crippen LogP contribution in [0.5, 0.6) is 0 Å². The molecule has 0 bridgehead atoms. The predicted octanol–water partition coefficient (Wildman–Crippen LogP) is 0.582. The van der Waals surface area contributed by atoms with Gasteiger partial charge < -0.3 is 4.90 Å². The molecule has 1 aromatic rings. The van der Waals surface area contributed by atoms with Crippen LogP contribution >= 0.6 is 0 Å². The van der Waals surface area contributed by atoms with Crippen molar-refractivity contribution in [2.24, 2.45) is 15.2 Å². The zero-order valence-corrected chi connectivity index (χ0v) is 7.46. The molecule has 68 valence electrons. The van der Waals surface area contributed by atoms with Crippen molar-refractivity contribution < 1.29 is 0 Å². The molecule has 0 aromatic heterocycles. The summed E-state index contributed by atoms with van der Waals surface area (Å²) in [6.45, 7) is 0.593. The van der Waals surface area contributed by atoms with Gasteiger partial charge in [-0.15, -0.1) is 5.11 Å². The van der Waals surface area contributed by atoms with Crippen LogP contribution in [0.4, 0.5) is 0 Å². The molecule has 0 aliphatic carbocycles. The van der Waals surface area contributed by atoms with Crippen LogP contribution in [0.2, 0.25) is 0 Å². The highest BCUT2D eigenvalue weighted by Gasteiger charge is 2.13. The molecule has 0 unspecified atom stereocenters. The Morgan fingerprint density at radius 3 is 3.14 bits per heavy atom. The molecule has 0 amide bonds. The first-order valence-electron chi connectivity index (χ1n) is 4.43. The third-order valence-electron chi connectivity index (χ3n) is 2.26. The van der Waals surface area contributed by atoms with Crippen molar-refractivity contribution in [2.75, 3.05) is 6.67 Å². The molecule has 0 atom stereocenters. The quantitative estimate of drug-likeness (QED) is 0.581. The molecule has 0 fully saturated rings. The lowest BCUT2D eigenvalue weighted by molar-refractivity contribution is 0.576. The molecule has 14 heavy (non-hydrogen) atoms. The van der Waals surface area contributed by atoms with Crippen LogP contribution in [0.3, 0.4) is 0 Å². The summed E-state index contributed by atoms with van der Waals surface area (Å²) in [6, 6.07) is 7.94. The topological polar surface area (TPSA) is 40.3 Å². The second-order valence-corrected chi connectivity index (χ2v) is 3.12. The van der Waals surface area contributed by atoms with Crippen molar-refractivity contribution in [3.8, 4) is 0 Å². The third-order valence-corrected chi connectivity index (χ3v) is 2.26. The van der Waals surface area contributed by atoms with Gasteiger partial charge in [-0.05, 0) is 12.1 Å². The number of rotatable bonds is 0. The number of nitrogens with zero attached hydrogens (tertiary/aromatic N) is 4. The van der Waals surface area contributed by atoms with E-state index >= 15 is 0 Å². The van der Waals surface area contributed by atoms with Gasteiger partial charge in [-0.3, -0.25) is 4.99 Å². The third kappa shape index (κ3) is 0.970. The van der Waals surface area contributed by atoms with Gasteiger partial charge in [0.2, 0.25) is 0 Å². The Morgan fingerprint density at radius 1 is 1.21 bits per heavy atom. The summed E-state index contributed by atoms with van der Waals surface area (Å²) in [5, 5.41) is 10.1. The van der Waals surface area contributed by atoms with E-state index < -0.39 is 0 Å². The Bertz CT molecular complexity index is 541.